The summed E-state index contributed by atoms with van der Waals surface area (Å²) in [5.41, 5.74) is 1.79. The number of nitrogens with zero attached hydrogens (tertiary/aromatic N) is 2. The van der Waals surface area contributed by atoms with Crippen LogP contribution in [0.25, 0.3) is 0 Å². The lowest BCUT2D eigenvalue weighted by atomic mass is 9.74. The van der Waals surface area contributed by atoms with Crippen LogP contribution in [0.4, 0.5) is 0 Å². The molecule has 1 aliphatic rings. The lowest BCUT2D eigenvalue weighted by molar-refractivity contribution is -0.0822. The van der Waals surface area contributed by atoms with Crippen LogP contribution in [0.15, 0.2) is 6.33 Å². The standard InChI is InChI=1S/C14H25N3O2/c1-3-5-14(9-18)8-17(6-4-13(14)19)7-12-11(2)15-10-16-12/h10,13,18-19H,3-9H2,1-2H3,(H,15,16)/t13-,14+/m1/s1. The van der Waals surface area contributed by atoms with Crippen molar-refractivity contribution in [3.63, 3.8) is 0 Å². The third-order valence-corrected chi connectivity index (χ3v) is 4.33. The van der Waals surface area contributed by atoms with E-state index in [4.69, 9.17) is 0 Å². The summed E-state index contributed by atoms with van der Waals surface area (Å²) in [5, 5.41) is 20.0. The van der Waals surface area contributed by atoms with E-state index in [1.54, 1.807) is 6.33 Å². The Kier molecular flexibility index (Phi) is 4.60. The van der Waals surface area contributed by atoms with Gasteiger partial charge in [0.2, 0.25) is 0 Å². The van der Waals surface area contributed by atoms with Crippen LogP contribution in [0.2, 0.25) is 0 Å². The zero-order chi connectivity index (χ0) is 13.9. The van der Waals surface area contributed by atoms with Gasteiger partial charge in [-0.2, -0.15) is 0 Å². The number of aromatic amines is 1. The monoisotopic (exact) mass is 267 g/mol. The molecule has 2 atom stereocenters. The molecule has 1 aromatic rings. The second kappa shape index (κ2) is 6.03. The summed E-state index contributed by atoms with van der Waals surface area (Å²) >= 11 is 0. The minimum absolute atomic E-state index is 0.0536. The molecule has 2 heterocycles. The number of H-pyrrole nitrogens is 1. The van der Waals surface area contributed by atoms with Gasteiger partial charge in [0.1, 0.15) is 0 Å². The number of aliphatic hydroxyl groups excluding tert-OH is 2. The molecule has 1 aromatic heterocycles. The Labute approximate surface area is 114 Å². The Morgan fingerprint density at radius 3 is 2.95 bits per heavy atom. The van der Waals surface area contributed by atoms with Crippen LogP contribution in [0.3, 0.4) is 0 Å². The fourth-order valence-electron chi connectivity index (χ4n) is 3.11. The zero-order valence-electron chi connectivity index (χ0n) is 11.9. The van der Waals surface area contributed by atoms with Crippen molar-refractivity contribution in [3.05, 3.63) is 17.7 Å². The highest BCUT2D eigenvalue weighted by molar-refractivity contribution is 5.09. The molecule has 108 valence electrons. The van der Waals surface area contributed by atoms with E-state index in [0.29, 0.717) is 0 Å². The lowest BCUT2D eigenvalue weighted by Crippen LogP contribution is -2.53. The van der Waals surface area contributed by atoms with Gasteiger partial charge in [0.15, 0.2) is 0 Å². The second-order valence-corrected chi connectivity index (χ2v) is 5.76. The second-order valence-electron chi connectivity index (χ2n) is 5.76. The van der Waals surface area contributed by atoms with Gasteiger partial charge in [-0.15, -0.1) is 0 Å². The number of hydrogen-bond acceptors (Lipinski definition) is 4. The van der Waals surface area contributed by atoms with E-state index in [-0.39, 0.29) is 12.0 Å². The van der Waals surface area contributed by atoms with Gasteiger partial charge in [-0.05, 0) is 19.8 Å². The number of rotatable bonds is 5. The molecule has 0 amide bonds. The smallest absolute Gasteiger partial charge is 0.0925 e. The van der Waals surface area contributed by atoms with Crippen molar-refractivity contribution in [3.8, 4) is 0 Å². The van der Waals surface area contributed by atoms with E-state index in [1.807, 2.05) is 6.92 Å². The van der Waals surface area contributed by atoms with Crippen molar-refractivity contribution < 1.29 is 10.2 Å². The topological polar surface area (TPSA) is 72.4 Å². The maximum absolute atomic E-state index is 10.2. The fourth-order valence-corrected chi connectivity index (χ4v) is 3.11. The molecule has 0 saturated carbocycles. The predicted molar refractivity (Wildman–Crippen MR) is 73.7 cm³/mol. The molecule has 0 aromatic carbocycles. The van der Waals surface area contributed by atoms with Crippen LogP contribution < -0.4 is 0 Å². The number of nitrogens with one attached hydrogen (secondary N) is 1. The summed E-state index contributed by atoms with van der Waals surface area (Å²) < 4.78 is 0. The van der Waals surface area contributed by atoms with Crippen molar-refractivity contribution in [1.29, 1.82) is 0 Å². The molecule has 1 fully saturated rings. The molecule has 5 heteroatoms. The van der Waals surface area contributed by atoms with Gasteiger partial charge in [-0.3, -0.25) is 4.90 Å². The quantitative estimate of drug-likeness (QED) is 0.746. The Balaban J connectivity index is 2.06. The minimum atomic E-state index is -0.394. The highest BCUT2D eigenvalue weighted by atomic mass is 16.3. The van der Waals surface area contributed by atoms with Crippen molar-refractivity contribution in [1.82, 2.24) is 14.9 Å². The average molecular weight is 267 g/mol. The first-order chi connectivity index (χ1) is 9.11. The molecule has 1 saturated heterocycles. The van der Waals surface area contributed by atoms with E-state index in [1.165, 1.54) is 0 Å². The van der Waals surface area contributed by atoms with Gasteiger partial charge >= 0.3 is 0 Å². The predicted octanol–water partition coefficient (Wildman–Crippen LogP) is 1.06. The highest BCUT2D eigenvalue weighted by Crippen LogP contribution is 2.35. The Bertz CT molecular complexity index is 407. The zero-order valence-corrected chi connectivity index (χ0v) is 11.9. The van der Waals surface area contributed by atoms with Crippen molar-refractivity contribution in [2.75, 3.05) is 19.7 Å². The SMILES string of the molecule is CCC[C@@]1(CO)CN(Cc2nc[nH]c2C)CC[C@H]1O. The number of piperidine rings is 1. The largest absolute Gasteiger partial charge is 0.396 e. The van der Waals surface area contributed by atoms with Gasteiger partial charge < -0.3 is 15.2 Å². The summed E-state index contributed by atoms with van der Waals surface area (Å²) in [7, 11) is 0. The van der Waals surface area contributed by atoms with Crippen molar-refractivity contribution >= 4 is 0 Å². The maximum Gasteiger partial charge on any atom is 0.0925 e. The molecule has 0 radical (unpaired) electrons. The van der Waals surface area contributed by atoms with E-state index in [2.05, 4.69) is 21.8 Å². The van der Waals surface area contributed by atoms with E-state index >= 15 is 0 Å². The molecule has 19 heavy (non-hydrogen) atoms. The summed E-state index contributed by atoms with van der Waals surface area (Å²) in [4.78, 5) is 9.71. The summed E-state index contributed by atoms with van der Waals surface area (Å²) in [6.45, 7) is 6.56. The molecule has 0 spiro atoms. The van der Waals surface area contributed by atoms with E-state index < -0.39 is 6.10 Å². The highest BCUT2D eigenvalue weighted by Gasteiger charge is 2.41. The third-order valence-electron chi connectivity index (χ3n) is 4.33. The maximum atomic E-state index is 10.2. The van der Waals surface area contributed by atoms with Crippen LogP contribution >= 0.6 is 0 Å². The average Bonchev–Trinajstić information content (AvgIpc) is 2.79. The van der Waals surface area contributed by atoms with E-state index in [0.717, 1.165) is 50.3 Å². The molecular formula is C14H25N3O2. The van der Waals surface area contributed by atoms with Crippen molar-refractivity contribution in [2.24, 2.45) is 5.41 Å². The van der Waals surface area contributed by atoms with Gasteiger partial charge in [-0.25, -0.2) is 4.98 Å². The van der Waals surface area contributed by atoms with Crippen molar-refractivity contribution in [2.45, 2.75) is 45.8 Å². The van der Waals surface area contributed by atoms with Crippen LogP contribution in [-0.4, -0.2) is 50.9 Å². The summed E-state index contributed by atoms with van der Waals surface area (Å²) in [6.07, 6.45) is 3.89. The minimum Gasteiger partial charge on any atom is -0.396 e. The molecule has 2 rings (SSSR count). The molecular weight excluding hydrogens is 242 g/mol. The van der Waals surface area contributed by atoms with Crippen LogP contribution in [0.5, 0.6) is 0 Å². The number of hydrogen-bond donors (Lipinski definition) is 3. The normalized spacial score (nSPS) is 28.7. The van der Waals surface area contributed by atoms with Crippen LogP contribution in [-0.2, 0) is 6.54 Å². The molecule has 3 N–H and O–H groups in total. The number of imidazole rings is 1. The van der Waals surface area contributed by atoms with Gasteiger partial charge in [0.05, 0.1) is 24.7 Å². The van der Waals surface area contributed by atoms with E-state index in [9.17, 15) is 10.2 Å². The molecule has 1 aliphatic heterocycles. The first kappa shape index (κ1) is 14.5. The third kappa shape index (κ3) is 2.99. The van der Waals surface area contributed by atoms with Gasteiger partial charge in [0.25, 0.3) is 0 Å². The van der Waals surface area contributed by atoms with Crippen LogP contribution in [0, 0.1) is 12.3 Å². The first-order valence-corrected chi connectivity index (χ1v) is 7.11. The Hall–Kier alpha value is -0.910. The Morgan fingerprint density at radius 2 is 2.37 bits per heavy atom. The van der Waals surface area contributed by atoms with Gasteiger partial charge in [0, 0.05) is 30.7 Å². The number of aromatic nitrogens is 2. The lowest BCUT2D eigenvalue weighted by Gasteiger charge is -2.45. The van der Waals surface area contributed by atoms with Gasteiger partial charge in [-0.1, -0.05) is 13.3 Å². The number of aliphatic hydroxyl groups is 2. The number of likely N-dealkylation sites (tertiary alicyclic amines) is 1. The number of aryl methyl sites for hydroxylation is 1. The van der Waals surface area contributed by atoms with Crippen LogP contribution in [0.1, 0.15) is 37.6 Å². The molecule has 0 unspecified atom stereocenters. The Morgan fingerprint density at radius 1 is 1.58 bits per heavy atom. The molecule has 5 nitrogen and oxygen atoms in total. The summed E-state index contributed by atoms with van der Waals surface area (Å²) in [5.74, 6) is 0. The summed E-state index contributed by atoms with van der Waals surface area (Å²) in [6, 6.07) is 0. The molecule has 0 aliphatic carbocycles. The fraction of sp³-hybridized carbons (Fsp3) is 0.786. The first-order valence-electron chi connectivity index (χ1n) is 7.11. The molecule has 0 bridgehead atoms.